The molecule has 0 bridgehead atoms. The van der Waals surface area contributed by atoms with Crippen molar-refractivity contribution in [3.05, 3.63) is 35.9 Å². The monoisotopic (exact) mass is 177 g/mol. The molecule has 0 aromatic heterocycles. The van der Waals surface area contributed by atoms with Gasteiger partial charge in [0.1, 0.15) is 0 Å². The predicted molar refractivity (Wildman–Crippen MR) is 52.3 cm³/mol. The smallest absolute Gasteiger partial charge is 0.0483 e. The van der Waals surface area contributed by atoms with Crippen LogP contribution in [-0.4, -0.2) is 29.7 Å². The van der Waals surface area contributed by atoms with E-state index in [-0.39, 0.29) is 0 Å². The SMILES string of the molecule is OCC1CN(Cc2ccccc2)C1. The highest BCUT2D eigenvalue weighted by Gasteiger charge is 2.25. The van der Waals surface area contributed by atoms with Crippen LogP contribution in [0.5, 0.6) is 0 Å². The second-order valence-electron chi connectivity index (χ2n) is 3.73. The van der Waals surface area contributed by atoms with E-state index in [1.54, 1.807) is 0 Å². The number of nitrogens with zero attached hydrogens (tertiary/aromatic N) is 1. The minimum Gasteiger partial charge on any atom is -0.396 e. The molecule has 1 fully saturated rings. The van der Waals surface area contributed by atoms with Crippen molar-refractivity contribution in [1.29, 1.82) is 0 Å². The number of likely N-dealkylation sites (tertiary alicyclic amines) is 1. The fourth-order valence-electron chi connectivity index (χ4n) is 1.76. The summed E-state index contributed by atoms with van der Waals surface area (Å²) in [4.78, 5) is 2.36. The van der Waals surface area contributed by atoms with Gasteiger partial charge in [0.15, 0.2) is 0 Å². The summed E-state index contributed by atoms with van der Waals surface area (Å²) in [5.41, 5.74) is 1.36. The summed E-state index contributed by atoms with van der Waals surface area (Å²) in [7, 11) is 0. The molecule has 2 nitrogen and oxygen atoms in total. The highest BCUT2D eigenvalue weighted by molar-refractivity contribution is 5.14. The molecular formula is C11H15NO. The fraction of sp³-hybridized carbons (Fsp3) is 0.455. The van der Waals surface area contributed by atoms with Crippen LogP contribution >= 0.6 is 0 Å². The van der Waals surface area contributed by atoms with Crippen molar-refractivity contribution in [3.8, 4) is 0 Å². The Morgan fingerprint density at radius 2 is 1.92 bits per heavy atom. The topological polar surface area (TPSA) is 23.5 Å². The first-order valence-electron chi connectivity index (χ1n) is 4.75. The van der Waals surface area contributed by atoms with Crippen molar-refractivity contribution in [2.24, 2.45) is 5.92 Å². The molecule has 13 heavy (non-hydrogen) atoms. The van der Waals surface area contributed by atoms with E-state index in [0.717, 1.165) is 19.6 Å². The predicted octanol–water partition coefficient (Wildman–Crippen LogP) is 1.11. The first-order valence-corrected chi connectivity index (χ1v) is 4.75. The molecule has 0 atom stereocenters. The molecule has 0 spiro atoms. The average Bonchev–Trinajstić information content (AvgIpc) is 2.12. The minimum absolute atomic E-state index is 0.339. The van der Waals surface area contributed by atoms with Crippen molar-refractivity contribution < 1.29 is 5.11 Å². The van der Waals surface area contributed by atoms with Crippen LogP contribution in [-0.2, 0) is 6.54 Å². The maximum atomic E-state index is 8.84. The average molecular weight is 177 g/mol. The maximum absolute atomic E-state index is 8.84. The molecule has 1 aromatic rings. The lowest BCUT2D eigenvalue weighted by atomic mass is 10.0. The Morgan fingerprint density at radius 3 is 2.54 bits per heavy atom. The highest BCUT2D eigenvalue weighted by atomic mass is 16.3. The molecule has 0 radical (unpaired) electrons. The number of benzene rings is 1. The molecule has 2 heteroatoms. The number of hydrogen-bond donors (Lipinski definition) is 1. The first-order chi connectivity index (χ1) is 6.38. The van der Waals surface area contributed by atoms with Crippen LogP contribution in [0.3, 0.4) is 0 Å². The normalized spacial score (nSPS) is 18.5. The summed E-state index contributed by atoms with van der Waals surface area (Å²) in [6, 6.07) is 10.5. The lowest BCUT2D eigenvalue weighted by Crippen LogP contribution is -2.47. The van der Waals surface area contributed by atoms with E-state index in [4.69, 9.17) is 5.11 Å². The van der Waals surface area contributed by atoms with Gasteiger partial charge in [-0.3, -0.25) is 4.90 Å². The molecule has 2 rings (SSSR count). The number of rotatable bonds is 3. The zero-order chi connectivity index (χ0) is 9.10. The molecular weight excluding hydrogens is 162 g/mol. The summed E-state index contributed by atoms with van der Waals surface area (Å²) >= 11 is 0. The third-order valence-electron chi connectivity index (χ3n) is 2.54. The van der Waals surface area contributed by atoms with Gasteiger partial charge in [-0.2, -0.15) is 0 Å². The highest BCUT2D eigenvalue weighted by Crippen LogP contribution is 2.17. The van der Waals surface area contributed by atoms with Gasteiger partial charge in [0.25, 0.3) is 0 Å². The van der Waals surface area contributed by atoms with Crippen molar-refractivity contribution in [2.75, 3.05) is 19.7 Å². The number of hydrogen-bond acceptors (Lipinski definition) is 2. The van der Waals surface area contributed by atoms with Gasteiger partial charge in [0.2, 0.25) is 0 Å². The first kappa shape index (κ1) is 8.73. The van der Waals surface area contributed by atoms with E-state index in [9.17, 15) is 0 Å². The van der Waals surface area contributed by atoms with E-state index < -0.39 is 0 Å². The Balaban J connectivity index is 1.81. The molecule has 0 amide bonds. The molecule has 1 heterocycles. The number of aliphatic hydroxyl groups is 1. The Kier molecular flexibility index (Phi) is 2.62. The summed E-state index contributed by atoms with van der Waals surface area (Å²) < 4.78 is 0. The third-order valence-corrected chi connectivity index (χ3v) is 2.54. The van der Waals surface area contributed by atoms with Gasteiger partial charge in [-0.15, -0.1) is 0 Å². The summed E-state index contributed by atoms with van der Waals surface area (Å²) in [5, 5.41) is 8.84. The van der Waals surface area contributed by atoms with Crippen molar-refractivity contribution in [3.63, 3.8) is 0 Å². The largest absolute Gasteiger partial charge is 0.396 e. The summed E-state index contributed by atoms with van der Waals surface area (Å²) in [6.07, 6.45) is 0. The van der Waals surface area contributed by atoms with Crippen LogP contribution < -0.4 is 0 Å². The van der Waals surface area contributed by atoms with Crippen LogP contribution in [0.2, 0.25) is 0 Å². The zero-order valence-electron chi connectivity index (χ0n) is 7.69. The zero-order valence-corrected chi connectivity index (χ0v) is 7.69. The standard InChI is InChI=1S/C11H15NO/c13-9-11-7-12(8-11)6-10-4-2-1-3-5-10/h1-5,11,13H,6-9H2. The van der Waals surface area contributed by atoms with E-state index in [0.29, 0.717) is 12.5 Å². The molecule has 70 valence electrons. The van der Waals surface area contributed by atoms with E-state index in [1.165, 1.54) is 5.56 Å². The van der Waals surface area contributed by atoms with Crippen molar-refractivity contribution in [1.82, 2.24) is 4.90 Å². The molecule has 1 aliphatic rings. The third kappa shape index (κ3) is 2.08. The van der Waals surface area contributed by atoms with Gasteiger partial charge in [0, 0.05) is 32.2 Å². The Morgan fingerprint density at radius 1 is 1.23 bits per heavy atom. The van der Waals surface area contributed by atoms with Crippen LogP contribution in [0.4, 0.5) is 0 Å². The van der Waals surface area contributed by atoms with Gasteiger partial charge >= 0.3 is 0 Å². The molecule has 0 unspecified atom stereocenters. The van der Waals surface area contributed by atoms with Crippen molar-refractivity contribution in [2.45, 2.75) is 6.54 Å². The van der Waals surface area contributed by atoms with Crippen LogP contribution in [0.25, 0.3) is 0 Å². The van der Waals surface area contributed by atoms with Gasteiger partial charge in [-0.25, -0.2) is 0 Å². The summed E-state index contributed by atoms with van der Waals surface area (Å²) in [6.45, 7) is 3.46. The molecule has 1 aliphatic heterocycles. The Bertz CT molecular complexity index is 254. The molecule has 1 N–H and O–H groups in total. The number of aliphatic hydroxyl groups excluding tert-OH is 1. The van der Waals surface area contributed by atoms with Gasteiger partial charge < -0.3 is 5.11 Å². The molecule has 0 aliphatic carbocycles. The van der Waals surface area contributed by atoms with Crippen LogP contribution in [0.1, 0.15) is 5.56 Å². The van der Waals surface area contributed by atoms with Gasteiger partial charge in [0.05, 0.1) is 0 Å². The molecule has 0 saturated carbocycles. The fourth-order valence-corrected chi connectivity index (χ4v) is 1.76. The maximum Gasteiger partial charge on any atom is 0.0483 e. The quantitative estimate of drug-likeness (QED) is 0.747. The van der Waals surface area contributed by atoms with Gasteiger partial charge in [-0.05, 0) is 5.56 Å². The Labute approximate surface area is 78.8 Å². The lowest BCUT2D eigenvalue weighted by molar-refractivity contribution is 0.0479. The van der Waals surface area contributed by atoms with Gasteiger partial charge in [-0.1, -0.05) is 30.3 Å². The van der Waals surface area contributed by atoms with Crippen molar-refractivity contribution >= 4 is 0 Å². The van der Waals surface area contributed by atoms with Crippen LogP contribution in [0, 0.1) is 5.92 Å². The Hall–Kier alpha value is -0.860. The lowest BCUT2D eigenvalue weighted by Gasteiger charge is -2.38. The molecule has 1 aromatic carbocycles. The minimum atomic E-state index is 0.339. The summed E-state index contributed by atoms with van der Waals surface area (Å²) in [5.74, 6) is 0.517. The van der Waals surface area contributed by atoms with E-state index in [1.807, 2.05) is 6.07 Å². The van der Waals surface area contributed by atoms with Crippen LogP contribution in [0.15, 0.2) is 30.3 Å². The molecule has 1 saturated heterocycles. The second-order valence-corrected chi connectivity index (χ2v) is 3.73. The van der Waals surface area contributed by atoms with E-state index >= 15 is 0 Å². The second kappa shape index (κ2) is 3.90. The van der Waals surface area contributed by atoms with E-state index in [2.05, 4.69) is 29.2 Å².